The van der Waals surface area contributed by atoms with Crippen molar-refractivity contribution in [3.8, 4) is 16.9 Å². The number of nitrogens with zero attached hydrogens (tertiary/aromatic N) is 4. The Balaban J connectivity index is 1.56. The van der Waals surface area contributed by atoms with Crippen LogP contribution >= 0.6 is 0 Å². The molecule has 1 fully saturated rings. The lowest BCUT2D eigenvalue weighted by molar-refractivity contribution is 0.305. The number of aromatic nitrogens is 4. The smallest absolute Gasteiger partial charge is 0.241 e. The van der Waals surface area contributed by atoms with Crippen LogP contribution in [0.5, 0.6) is 5.75 Å². The van der Waals surface area contributed by atoms with Gasteiger partial charge in [0.05, 0.1) is 18.2 Å². The third-order valence-corrected chi connectivity index (χ3v) is 7.46. The highest BCUT2D eigenvalue weighted by atomic mass is 32.2. The number of pyridine rings is 1. The molecule has 2 atom stereocenters. The Morgan fingerprint density at radius 1 is 1.13 bits per heavy atom. The number of methoxy groups -OCH3 is 1. The van der Waals surface area contributed by atoms with Gasteiger partial charge in [-0.25, -0.2) is 13.1 Å². The Hall–Kier alpha value is -2.78. The lowest BCUT2D eigenvalue weighted by Gasteiger charge is -2.30. The number of rotatable bonds is 7. The molecular weight excluding hydrogens is 414 g/mol. The summed E-state index contributed by atoms with van der Waals surface area (Å²) in [7, 11) is -2.04. The van der Waals surface area contributed by atoms with Gasteiger partial charge in [-0.2, -0.15) is 0 Å². The van der Waals surface area contributed by atoms with Gasteiger partial charge in [-0.1, -0.05) is 13.0 Å². The second kappa shape index (κ2) is 9.15. The van der Waals surface area contributed by atoms with Crippen LogP contribution in [-0.4, -0.2) is 41.3 Å². The van der Waals surface area contributed by atoms with E-state index in [1.54, 1.807) is 38.2 Å². The van der Waals surface area contributed by atoms with Gasteiger partial charge in [-0.15, -0.1) is 10.2 Å². The second-order valence-electron chi connectivity index (χ2n) is 7.84. The number of benzene rings is 1. The standard InChI is InChI=1S/C22H27N5O3S/c1-3-16-9-17(18-10-21(30-2)13-23-12-18)7-8-22(16)31(28,29)26-19-5-4-6-20(11-19)27-14-24-25-15-27/h7-10,12-15,19-20,26H,3-6,11H2,1-2H3. The molecule has 2 heterocycles. The summed E-state index contributed by atoms with van der Waals surface area (Å²) in [5.74, 6) is 0.661. The van der Waals surface area contributed by atoms with Crippen molar-refractivity contribution >= 4 is 10.0 Å². The van der Waals surface area contributed by atoms with E-state index in [1.165, 1.54) is 0 Å². The Labute approximate surface area is 182 Å². The molecule has 0 aliphatic heterocycles. The molecule has 0 radical (unpaired) electrons. The molecule has 3 aromatic rings. The lowest BCUT2D eigenvalue weighted by Crippen LogP contribution is -2.39. The molecule has 4 rings (SSSR count). The van der Waals surface area contributed by atoms with E-state index in [-0.39, 0.29) is 12.1 Å². The van der Waals surface area contributed by atoms with Crippen LogP contribution in [0.3, 0.4) is 0 Å². The Bertz CT molecular complexity index is 1130. The molecule has 164 valence electrons. The Morgan fingerprint density at radius 2 is 1.94 bits per heavy atom. The fourth-order valence-electron chi connectivity index (χ4n) is 4.21. The first-order valence-electron chi connectivity index (χ1n) is 10.5. The van der Waals surface area contributed by atoms with Gasteiger partial charge in [0.25, 0.3) is 0 Å². The summed E-state index contributed by atoms with van der Waals surface area (Å²) in [6, 6.07) is 7.43. The number of hydrogen-bond acceptors (Lipinski definition) is 6. The summed E-state index contributed by atoms with van der Waals surface area (Å²) in [5.41, 5.74) is 2.57. The summed E-state index contributed by atoms with van der Waals surface area (Å²) in [5, 5.41) is 7.75. The predicted octanol–water partition coefficient (Wildman–Crippen LogP) is 3.37. The third kappa shape index (κ3) is 4.77. The Kier molecular flexibility index (Phi) is 6.33. The first-order valence-corrected chi connectivity index (χ1v) is 12.0. The average molecular weight is 442 g/mol. The second-order valence-corrected chi connectivity index (χ2v) is 9.52. The summed E-state index contributed by atoms with van der Waals surface area (Å²) >= 11 is 0. The maximum Gasteiger partial charge on any atom is 0.241 e. The summed E-state index contributed by atoms with van der Waals surface area (Å²) in [4.78, 5) is 4.53. The SMILES string of the molecule is CCc1cc(-c2cncc(OC)c2)ccc1S(=O)(=O)NC1CCCC(n2cnnc2)C1. The highest BCUT2D eigenvalue weighted by molar-refractivity contribution is 7.89. The van der Waals surface area contributed by atoms with Crippen molar-refractivity contribution in [3.05, 3.63) is 54.9 Å². The van der Waals surface area contributed by atoms with Gasteiger partial charge in [0.2, 0.25) is 10.0 Å². The van der Waals surface area contributed by atoms with Crippen molar-refractivity contribution in [2.45, 2.75) is 56.0 Å². The molecule has 0 spiro atoms. The van der Waals surface area contributed by atoms with Gasteiger partial charge in [-0.3, -0.25) is 4.98 Å². The van der Waals surface area contributed by atoms with E-state index in [0.29, 0.717) is 17.1 Å². The van der Waals surface area contributed by atoms with E-state index in [4.69, 9.17) is 4.74 Å². The van der Waals surface area contributed by atoms with Crippen LogP contribution in [0.15, 0.2) is 54.2 Å². The topological polar surface area (TPSA) is 99.0 Å². The Morgan fingerprint density at radius 3 is 2.68 bits per heavy atom. The molecule has 0 amide bonds. The van der Waals surface area contributed by atoms with Gasteiger partial charge < -0.3 is 9.30 Å². The summed E-state index contributed by atoms with van der Waals surface area (Å²) < 4.78 is 36.7. The normalized spacial score (nSPS) is 19.3. The largest absolute Gasteiger partial charge is 0.495 e. The van der Waals surface area contributed by atoms with Crippen molar-refractivity contribution in [1.29, 1.82) is 0 Å². The quantitative estimate of drug-likeness (QED) is 0.604. The molecule has 31 heavy (non-hydrogen) atoms. The van der Waals surface area contributed by atoms with Crippen LogP contribution in [0.2, 0.25) is 0 Å². The van der Waals surface area contributed by atoms with Crippen LogP contribution in [0, 0.1) is 0 Å². The van der Waals surface area contributed by atoms with Gasteiger partial charge >= 0.3 is 0 Å². The fraction of sp³-hybridized carbons (Fsp3) is 0.409. The number of ether oxygens (including phenoxy) is 1. The first kappa shape index (κ1) is 21.5. The van der Waals surface area contributed by atoms with Gasteiger partial charge in [0, 0.05) is 23.8 Å². The zero-order chi connectivity index (χ0) is 21.8. The minimum absolute atomic E-state index is 0.113. The third-order valence-electron chi connectivity index (χ3n) is 5.84. The molecule has 2 aromatic heterocycles. The lowest BCUT2D eigenvalue weighted by atomic mass is 9.91. The summed E-state index contributed by atoms with van der Waals surface area (Å²) in [6.07, 6.45) is 10.9. The van der Waals surface area contributed by atoms with Crippen LogP contribution in [0.25, 0.3) is 11.1 Å². The highest BCUT2D eigenvalue weighted by Crippen LogP contribution is 2.31. The number of nitrogens with one attached hydrogen (secondary N) is 1. The van der Waals surface area contributed by atoms with E-state index < -0.39 is 10.0 Å². The van der Waals surface area contributed by atoms with E-state index >= 15 is 0 Å². The van der Waals surface area contributed by atoms with Crippen molar-refractivity contribution in [2.75, 3.05) is 7.11 Å². The molecule has 0 saturated heterocycles. The number of aryl methyl sites for hydroxylation is 1. The molecular formula is C22H27N5O3S. The zero-order valence-corrected chi connectivity index (χ0v) is 18.5. The van der Waals surface area contributed by atoms with Crippen LogP contribution in [-0.2, 0) is 16.4 Å². The summed E-state index contributed by atoms with van der Waals surface area (Å²) in [6.45, 7) is 1.96. The van der Waals surface area contributed by atoms with Gasteiger partial charge in [0.15, 0.2) is 0 Å². The first-order chi connectivity index (χ1) is 15.0. The molecule has 2 unspecified atom stereocenters. The van der Waals surface area contributed by atoms with Crippen molar-refractivity contribution in [1.82, 2.24) is 24.5 Å². The van der Waals surface area contributed by atoms with Crippen molar-refractivity contribution in [2.24, 2.45) is 0 Å². The van der Waals surface area contributed by atoms with Gasteiger partial charge in [0.1, 0.15) is 18.4 Å². The predicted molar refractivity (Wildman–Crippen MR) is 117 cm³/mol. The molecule has 1 aromatic carbocycles. The van der Waals surface area contributed by atoms with Crippen molar-refractivity contribution < 1.29 is 13.2 Å². The van der Waals surface area contributed by atoms with Crippen LogP contribution in [0.1, 0.15) is 44.2 Å². The maximum atomic E-state index is 13.2. The zero-order valence-electron chi connectivity index (χ0n) is 17.7. The van der Waals surface area contributed by atoms with E-state index in [9.17, 15) is 8.42 Å². The molecule has 8 nitrogen and oxygen atoms in total. The van der Waals surface area contributed by atoms with E-state index in [1.807, 2.05) is 29.7 Å². The fourth-order valence-corrected chi connectivity index (χ4v) is 5.78. The van der Waals surface area contributed by atoms with Crippen LogP contribution in [0.4, 0.5) is 0 Å². The molecule has 9 heteroatoms. The van der Waals surface area contributed by atoms with Crippen LogP contribution < -0.4 is 9.46 Å². The number of sulfonamides is 1. The maximum absolute atomic E-state index is 13.2. The van der Waals surface area contributed by atoms with E-state index in [2.05, 4.69) is 19.9 Å². The monoisotopic (exact) mass is 441 g/mol. The molecule has 1 N–H and O–H groups in total. The molecule has 1 aliphatic carbocycles. The molecule has 0 bridgehead atoms. The minimum atomic E-state index is -3.64. The molecule has 1 saturated carbocycles. The average Bonchev–Trinajstić information content (AvgIpc) is 3.33. The number of hydrogen-bond donors (Lipinski definition) is 1. The van der Waals surface area contributed by atoms with Gasteiger partial charge in [-0.05, 0) is 61.4 Å². The van der Waals surface area contributed by atoms with E-state index in [0.717, 1.165) is 42.4 Å². The molecule has 1 aliphatic rings. The van der Waals surface area contributed by atoms with Crippen molar-refractivity contribution in [3.63, 3.8) is 0 Å². The highest BCUT2D eigenvalue weighted by Gasteiger charge is 2.28. The minimum Gasteiger partial charge on any atom is -0.495 e.